The Kier molecular flexibility index (Phi) is 3.45. The van der Waals surface area contributed by atoms with Crippen LogP contribution in [0.2, 0.25) is 5.02 Å². The minimum atomic E-state index is -3.11. The van der Waals surface area contributed by atoms with Crippen molar-refractivity contribution >= 4 is 11.6 Å². The molecule has 0 bridgehead atoms. The van der Waals surface area contributed by atoms with E-state index in [9.17, 15) is 8.78 Å². The molecule has 1 nitrogen and oxygen atoms in total. The van der Waals surface area contributed by atoms with Crippen LogP contribution in [0.25, 0.3) is 0 Å². The van der Waals surface area contributed by atoms with Gasteiger partial charge in [-0.15, -0.1) is 0 Å². The maximum atomic E-state index is 12.5. The number of hydrogen-bond acceptors (Lipinski definition) is 1. The Bertz CT molecular complexity index is 292. The molecule has 0 amide bonds. The highest BCUT2D eigenvalue weighted by Gasteiger charge is 2.25. The van der Waals surface area contributed by atoms with Gasteiger partial charge in [0.05, 0.1) is 6.10 Å². The minimum absolute atomic E-state index is 0.573. The van der Waals surface area contributed by atoms with Crippen molar-refractivity contribution in [2.24, 2.45) is 0 Å². The lowest BCUT2D eigenvalue weighted by Gasteiger charge is -2.18. The lowest BCUT2D eigenvalue weighted by molar-refractivity contribution is -0.248. The standard InChI is InChI=1S/C10H11ClF2O/c1-7(14-10(2,12)13)8-3-5-9(11)6-4-8/h3-7H,1-2H3. The first-order chi connectivity index (χ1) is 6.38. The molecule has 0 aliphatic rings. The van der Waals surface area contributed by atoms with E-state index in [2.05, 4.69) is 4.74 Å². The summed E-state index contributed by atoms with van der Waals surface area (Å²) in [6.07, 6.45) is -3.76. The Balaban J connectivity index is 2.70. The maximum absolute atomic E-state index is 12.5. The van der Waals surface area contributed by atoms with E-state index in [1.165, 1.54) is 0 Å². The molecule has 0 aliphatic heterocycles. The van der Waals surface area contributed by atoms with Crippen molar-refractivity contribution in [3.63, 3.8) is 0 Å². The van der Waals surface area contributed by atoms with Crippen LogP contribution >= 0.6 is 11.6 Å². The Morgan fingerprint density at radius 2 is 1.79 bits per heavy atom. The highest BCUT2D eigenvalue weighted by atomic mass is 35.5. The van der Waals surface area contributed by atoms with Crippen molar-refractivity contribution in [1.29, 1.82) is 0 Å². The number of hydrogen-bond donors (Lipinski definition) is 0. The van der Waals surface area contributed by atoms with Gasteiger partial charge in [-0.1, -0.05) is 23.7 Å². The van der Waals surface area contributed by atoms with E-state index in [0.717, 1.165) is 6.92 Å². The summed E-state index contributed by atoms with van der Waals surface area (Å²) in [5.74, 6) is 0. The number of halogens is 3. The second-order valence-electron chi connectivity index (χ2n) is 3.12. The largest absolute Gasteiger partial charge is 0.353 e. The molecule has 14 heavy (non-hydrogen) atoms. The summed E-state index contributed by atoms with van der Waals surface area (Å²) in [4.78, 5) is 0. The van der Waals surface area contributed by atoms with Gasteiger partial charge in [-0.3, -0.25) is 0 Å². The van der Waals surface area contributed by atoms with E-state index in [1.54, 1.807) is 31.2 Å². The molecule has 0 aromatic heterocycles. The molecule has 0 spiro atoms. The maximum Gasteiger partial charge on any atom is 0.353 e. The van der Waals surface area contributed by atoms with Crippen molar-refractivity contribution in [3.8, 4) is 0 Å². The third-order valence-electron chi connectivity index (χ3n) is 1.72. The molecule has 1 aromatic carbocycles. The molecular formula is C10H11ClF2O. The third-order valence-corrected chi connectivity index (χ3v) is 1.98. The number of rotatable bonds is 3. The Morgan fingerprint density at radius 3 is 2.21 bits per heavy atom. The predicted molar refractivity (Wildman–Crippen MR) is 51.6 cm³/mol. The van der Waals surface area contributed by atoms with Crippen LogP contribution in [0, 0.1) is 0 Å². The van der Waals surface area contributed by atoms with Crippen LogP contribution in [-0.4, -0.2) is 6.11 Å². The van der Waals surface area contributed by atoms with Crippen molar-refractivity contribution in [3.05, 3.63) is 34.9 Å². The van der Waals surface area contributed by atoms with E-state index in [0.29, 0.717) is 10.6 Å². The van der Waals surface area contributed by atoms with E-state index in [4.69, 9.17) is 11.6 Å². The first-order valence-electron chi connectivity index (χ1n) is 4.19. The van der Waals surface area contributed by atoms with Crippen LogP contribution in [0.4, 0.5) is 8.78 Å². The summed E-state index contributed by atoms with van der Waals surface area (Å²) in [6.45, 7) is 2.29. The second kappa shape index (κ2) is 4.24. The van der Waals surface area contributed by atoms with Crippen molar-refractivity contribution < 1.29 is 13.5 Å². The van der Waals surface area contributed by atoms with Gasteiger partial charge in [0.25, 0.3) is 0 Å². The molecule has 0 saturated heterocycles. The second-order valence-corrected chi connectivity index (χ2v) is 3.56. The highest BCUT2D eigenvalue weighted by molar-refractivity contribution is 6.30. The molecule has 4 heteroatoms. The monoisotopic (exact) mass is 220 g/mol. The van der Waals surface area contributed by atoms with E-state index >= 15 is 0 Å². The molecule has 0 radical (unpaired) electrons. The van der Waals surface area contributed by atoms with Crippen LogP contribution in [0.1, 0.15) is 25.5 Å². The molecule has 0 fully saturated rings. The van der Waals surface area contributed by atoms with Gasteiger partial charge in [0, 0.05) is 11.9 Å². The summed E-state index contributed by atoms with van der Waals surface area (Å²) in [5, 5.41) is 0.573. The topological polar surface area (TPSA) is 9.23 Å². The molecule has 0 heterocycles. The highest BCUT2D eigenvalue weighted by Crippen LogP contribution is 2.26. The van der Waals surface area contributed by atoms with E-state index in [1.807, 2.05) is 0 Å². The van der Waals surface area contributed by atoms with Crippen molar-refractivity contribution in [1.82, 2.24) is 0 Å². The lowest BCUT2D eigenvalue weighted by atomic mass is 10.1. The summed E-state index contributed by atoms with van der Waals surface area (Å²) < 4.78 is 29.5. The van der Waals surface area contributed by atoms with Gasteiger partial charge in [-0.2, -0.15) is 8.78 Å². The molecule has 78 valence electrons. The third kappa shape index (κ3) is 3.60. The number of ether oxygens (including phenoxy) is 1. The normalized spacial score (nSPS) is 14.1. The smallest absolute Gasteiger partial charge is 0.313 e. The molecule has 1 unspecified atom stereocenters. The first kappa shape index (κ1) is 11.4. The molecular weight excluding hydrogens is 210 g/mol. The fraction of sp³-hybridized carbons (Fsp3) is 0.400. The number of benzene rings is 1. The van der Waals surface area contributed by atoms with Gasteiger partial charge < -0.3 is 4.74 Å². The van der Waals surface area contributed by atoms with E-state index < -0.39 is 12.2 Å². The lowest BCUT2D eigenvalue weighted by Crippen LogP contribution is -2.17. The fourth-order valence-corrected chi connectivity index (χ4v) is 1.24. The van der Waals surface area contributed by atoms with Gasteiger partial charge in [0.15, 0.2) is 0 Å². The van der Waals surface area contributed by atoms with Crippen LogP contribution < -0.4 is 0 Å². The van der Waals surface area contributed by atoms with Gasteiger partial charge in [0.2, 0.25) is 0 Å². The summed E-state index contributed by atoms with van der Waals surface area (Å²) in [5.41, 5.74) is 0.677. The zero-order chi connectivity index (χ0) is 10.8. The SMILES string of the molecule is CC(OC(C)(F)F)c1ccc(Cl)cc1. The van der Waals surface area contributed by atoms with Gasteiger partial charge >= 0.3 is 6.11 Å². The van der Waals surface area contributed by atoms with Gasteiger partial charge in [-0.25, -0.2) is 0 Å². The quantitative estimate of drug-likeness (QED) is 0.747. The molecule has 1 aromatic rings. The molecule has 1 rings (SSSR count). The van der Waals surface area contributed by atoms with Crippen molar-refractivity contribution in [2.45, 2.75) is 26.1 Å². The molecule has 1 atom stereocenters. The summed E-state index contributed by atoms with van der Waals surface area (Å²) >= 11 is 5.66. The average molecular weight is 221 g/mol. The Hall–Kier alpha value is -0.670. The Labute approximate surface area is 86.6 Å². The summed E-state index contributed by atoms with van der Waals surface area (Å²) in [7, 11) is 0. The average Bonchev–Trinajstić information content (AvgIpc) is 2.02. The fourth-order valence-electron chi connectivity index (χ4n) is 1.11. The van der Waals surface area contributed by atoms with Crippen molar-refractivity contribution in [2.75, 3.05) is 0 Å². The minimum Gasteiger partial charge on any atom is -0.313 e. The molecule has 0 aliphatic carbocycles. The van der Waals surface area contributed by atoms with Crippen LogP contribution in [0.3, 0.4) is 0 Å². The van der Waals surface area contributed by atoms with E-state index in [-0.39, 0.29) is 0 Å². The van der Waals surface area contributed by atoms with Crippen LogP contribution in [0.15, 0.2) is 24.3 Å². The zero-order valence-corrected chi connectivity index (χ0v) is 8.68. The molecule has 0 saturated carbocycles. The van der Waals surface area contributed by atoms with Crippen LogP contribution in [0.5, 0.6) is 0 Å². The zero-order valence-electron chi connectivity index (χ0n) is 7.93. The number of alkyl halides is 2. The van der Waals surface area contributed by atoms with Gasteiger partial charge in [-0.05, 0) is 24.6 Å². The van der Waals surface area contributed by atoms with Gasteiger partial charge in [0.1, 0.15) is 0 Å². The first-order valence-corrected chi connectivity index (χ1v) is 4.57. The predicted octanol–water partition coefficient (Wildman–Crippen LogP) is 4.03. The van der Waals surface area contributed by atoms with Crippen LogP contribution in [-0.2, 0) is 4.74 Å². The molecule has 0 N–H and O–H groups in total. The Morgan fingerprint density at radius 1 is 1.29 bits per heavy atom. The summed E-state index contributed by atoms with van der Waals surface area (Å²) in [6, 6.07) is 6.62.